The first-order valence-electron chi connectivity index (χ1n) is 9.57. The molecule has 0 radical (unpaired) electrons. The molecule has 0 saturated heterocycles. The van der Waals surface area contributed by atoms with Gasteiger partial charge < -0.3 is 5.32 Å². The highest BCUT2D eigenvalue weighted by atomic mass is 16.2. The molecule has 1 heterocycles. The summed E-state index contributed by atoms with van der Waals surface area (Å²) in [6, 6.07) is 16.9. The maximum Gasteiger partial charge on any atom is 0.322 e. The summed E-state index contributed by atoms with van der Waals surface area (Å²) in [7, 11) is 0. The number of hydrogen-bond donors (Lipinski definition) is 1. The molecule has 1 atom stereocenters. The Kier molecular flexibility index (Phi) is 5.94. The van der Waals surface area contributed by atoms with E-state index in [1.807, 2.05) is 23.1 Å². The lowest BCUT2D eigenvalue weighted by Gasteiger charge is -2.23. The van der Waals surface area contributed by atoms with E-state index in [0.29, 0.717) is 6.54 Å². The second-order valence-corrected chi connectivity index (χ2v) is 6.99. The molecule has 26 heavy (non-hydrogen) atoms. The number of para-hydroxylation sites is 1. The van der Waals surface area contributed by atoms with Gasteiger partial charge >= 0.3 is 6.03 Å². The zero-order chi connectivity index (χ0) is 18.5. The predicted molar refractivity (Wildman–Crippen MR) is 107 cm³/mol. The van der Waals surface area contributed by atoms with Gasteiger partial charge in [0.25, 0.3) is 0 Å². The van der Waals surface area contributed by atoms with Crippen molar-refractivity contribution in [3.8, 4) is 0 Å². The maximum absolute atomic E-state index is 12.7. The lowest BCUT2D eigenvalue weighted by Crippen LogP contribution is -2.42. The van der Waals surface area contributed by atoms with Gasteiger partial charge in [-0.2, -0.15) is 0 Å². The predicted octanol–water partition coefficient (Wildman–Crippen LogP) is 4.19. The molecule has 3 rings (SSSR count). The van der Waals surface area contributed by atoms with Crippen molar-refractivity contribution in [2.24, 2.45) is 0 Å². The molecule has 0 saturated carbocycles. The van der Waals surface area contributed by atoms with Crippen LogP contribution in [0, 0.1) is 0 Å². The number of carbonyl (C=O) groups excluding carboxylic acids is 1. The van der Waals surface area contributed by atoms with Gasteiger partial charge in [-0.3, -0.25) is 9.80 Å². The summed E-state index contributed by atoms with van der Waals surface area (Å²) in [5, 5.41) is 3.07. The Labute approximate surface area is 156 Å². The van der Waals surface area contributed by atoms with Crippen molar-refractivity contribution in [2.75, 3.05) is 18.0 Å². The van der Waals surface area contributed by atoms with Gasteiger partial charge in [-0.05, 0) is 49.2 Å². The van der Waals surface area contributed by atoms with E-state index in [0.717, 1.165) is 37.3 Å². The third-order valence-corrected chi connectivity index (χ3v) is 5.19. The van der Waals surface area contributed by atoms with Crippen molar-refractivity contribution in [3.63, 3.8) is 0 Å². The number of rotatable bonds is 6. The third-order valence-electron chi connectivity index (χ3n) is 5.19. The molecule has 4 nitrogen and oxygen atoms in total. The number of urea groups is 1. The molecule has 4 heteroatoms. The van der Waals surface area contributed by atoms with Crippen molar-refractivity contribution in [1.82, 2.24) is 10.2 Å². The van der Waals surface area contributed by atoms with Crippen LogP contribution in [0.2, 0.25) is 0 Å². The summed E-state index contributed by atoms with van der Waals surface area (Å²) in [6.07, 6.45) is 0.920. The van der Waals surface area contributed by atoms with Crippen molar-refractivity contribution in [1.29, 1.82) is 0 Å². The monoisotopic (exact) mass is 351 g/mol. The molecule has 1 N–H and O–H groups in total. The van der Waals surface area contributed by atoms with E-state index in [1.54, 1.807) is 0 Å². The van der Waals surface area contributed by atoms with Crippen LogP contribution in [0.15, 0.2) is 48.5 Å². The number of carbonyl (C=O) groups is 1. The van der Waals surface area contributed by atoms with Gasteiger partial charge in [-0.25, -0.2) is 4.79 Å². The summed E-state index contributed by atoms with van der Waals surface area (Å²) in [5.74, 6) is 0. The molecule has 1 aliphatic heterocycles. The van der Waals surface area contributed by atoms with E-state index >= 15 is 0 Å². The lowest BCUT2D eigenvalue weighted by atomic mass is 10.1. The van der Waals surface area contributed by atoms with Crippen LogP contribution in [-0.2, 0) is 19.5 Å². The van der Waals surface area contributed by atoms with E-state index in [-0.39, 0.29) is 12.1 Å². The van der Waals surface area contributed by atoms with Crippen LogP contribution in [0.5, 0.6) is 0 Å². The second-order valence-electron chi connectivity index (χ2n) is 6.99. The fourth-order valence-electron chi connectivity index (χ4n) is 3.61. The highest BCUT2D eigenvalue weighted by Gasteiger charge is 2.30. The van der Waals surface area contributed by atoms with E-state index in [9.17, 15) is 4.79 Å². The minimum Gasteiger partial charge on any atom is -0.334 e. The first-order valence-corrected chi connectivity index (χ1v) is 9.57. The molecule has 2 amide bonds. The van der Waals surface area contributed by atoms with Gasteiger partial charge in [-0.1, -0.05) is 56.3 Å². The molecule has 1 unspecified atom stereocenters. The molecule has 138 valence electrons. The van der Waals surface area contributed by atoms with Gasteiger partial charge in [0.1, 0.15) is 0 Å². The van der Waals surface area contributed by atoms with Gasteiger partial charge in [0.05, 0.1) is 0 Å². The molecular formula is C22H29N3O. The van der Waals surface area contributed by atoms with Crippen LogP contribution in [0.1, 0.15) is 37.5 Å². The number of amides is 2. The highest BCUT2D eigenvalue weighted by Crippen LogP contribution is 2.31. The Balaban J connectivity index is 1.58. The Hall–Kier alpha value is -2.33. The number of benzene rings is 2. The Morgan fingerprint density at radius 1 is 1.08 bits per heavy atom. The zero-order valence-corrected chi connectivity index (χ0v) is 16.0. The summed E-state index contributed by atoms with van der Waals surface area (Å²) in [4.78, 5) is 17.0. The molecule has 1 aliphatic rings. The zero-order valence-electron chi connectivity index (χ0n) is 16.0. The van der Waals surface area contributed by atoms with Crippen LogP contribution in [0.3, 0.4) is 0 Å². The normalized spacial score (nSPS) is 16.0. The van der Waals surface area contributed by atoms with Crippen LogP contribution in [-0.4, -0.2) is 30.1 Å². The van der Waals surface area contributed by atoms with Gasteiger partial charge in [0, 0.05) is 24.8 Å². The van der Waals surface area contributed by atoms with E-state index in [2.05, 4.69) is 61.3 Å². The Morgan fingerprint density at radius 3 is 2.42 bits per heavy atom. The molecule has 2 aromatic carbocycles. The standard InChI is InChI=1S/C22H29N3O/c1-4-24(5-2)16-19-12-10-18(11-13-19)15-23-22(26)25-17(3)14-20-8-6-7-9-21(20)25/h6-13,17H,4-5,14-16H2,1-3H3,(H,23,26). The largest absolute Gasteiger partial charge is 0.334 e. The molecule has 2 aromatic rings. The van der Waals surface area contributed by atoms with Gasteiger partial charge in [0.2, 0.25) is 0 Å². The number of nitrogens with zero attached hydrogens (tertiary/aromatic N) is 2. The van der Waals surface area contributed by atoms with Crippen molar-refractivity contribution in [3.05, 3.63) is 65.2 Å². The van der Waals surface area contributed by atoms with Crippen molar-refractivity contribution < 1.29 is 4.79 Å². The SMILES string of the molecule is CCN(CC)Cc1ccc(CNC(=O)N2c3ccccc3CC2C)cc1. The molecule has 0 spiro atoms. The van der Waals surface area contributed by atoms with Crippen LogP contribution in [0.25, 0.3) is 0 Å². The number of hydrogen-bond acceptors (Lipinski definition) is 2. The number of nitrogens with one attached hydrogen (secondary N) is 1. The van der Waals surface area contributed by atoms with Crippen molar-refractivity contribution in [2.45, 2.75) is 46.3 Å². The summed E-state index contributed by atoms with van der Waals surface area (Å²) in [5.41, 5.74) is 4.72. The minimum atomic E-state index is -0.0188. The first kappa shape index (κ1) is 18.5. The second kappa shape index (κ2) is 8.37. The maximum atomic E-state index is 12.7. The van der Waals surface area contributed by atoms with Crippen molar-refractivity contribution >= 4 is 11.7 Å². The van der Waals surface area contributed by atoms with Crippen LogP contribution in [0.4, 0.5) is 10.5 Å². The smallest absolute Gasteiger partial charge is 0.322 e. The molecular weight excluding hydrogens is 322 g/mol. The quantitative estimate of drug-likeness (QED) is 0.847. The summed E-state index contributed by atoms with van der Waals surface area (Å²) < 4.78 is 0. The van der Waals surface area contributed by atoms with E-state index in [1.165, 1.54) is 11.1 Å². The fraction of sp³-hybridized carbons (Fsp3) is 0.409. The number of fused-ring (bicyclic) bond motifs is 1. The average Bonchev–Trinajstić information content (AvgIpc) is 3.01. The minimum absolute atomic E-state index is 0.0188. The first-order chi connectivity index (χ1) is 12.6. The van der Waals surface area contributed by atoms with Gasteiger partial charge in [0.15, 0.2) is 0 Å². The summed E-state index contributed by atoms with van der Waals surface area (Å²) in [6.45, 7) is 10.1. The fourth-order valence-corrected chi connectivity index (χ4v) is 3.61. The summed E-state index contributed by atoms with van der Waals surface area (Å²) >= 11 is 0. The van der Waals surface area contributed by atoms with E-state index < -0.39 is 0 Å². The topological polar surface area (TPSA) is 35.6 Å². The average molecular weight is 351 g/mol. The number of anilines is 1. The molecule has 0 aromatic heterocycles. The van der Waals surface area contributed by atoms with E-state index in [4.69, 9.17) is 0 Å². The lowest BCUT2D eigenvalue weighted by molar-refractivity contribution is 0.244. The van der Waals surface area contributed by atoms with Crippen LogP contribution < -0.4 is 10.2 Å². The molecule has 0 bridgehead atoms. The Morgan fingerprint density at radius 2 is 1.73 bits per heavy atom. The third kappa shape index (κ3) is 4.07. The van der Waals surface area contributed by atoms with Crippen LogP contribution >= 0.6 is 0 Å². The Bertz CT molecular complexity index is 737. The molecule has 0 fully saturated rings. The highest BCUT2D eigenvalue weighted by molar-refractivity contribution is 5.94. The molecule has 0 aliphatic carbocycles. The van der Waals surface area contributed by atoms with Gasteiger partial charge in [-0.15, -0.1) is 0 Å².